The number of aromatic nitrogens is 2. The van der Waals surface area contributed by atoms with E-state index in [2.05, 4.69) is 130 Å². The summed E-state index contributed by atoms with van der Waals surface area (Å²) in [6.45, 7) is 10.8. The van der Waals surface area contributed by atoms with E-state index in [4.69, 9.17) is 9.97 Å². The second-order valence-corrected chi connectivity index (χ2v) is 11.4. The van der Waals surface area contributed by atoms with E-state index in [1.807, 2.05) is 25.1 Å². The predicted octanol–water partition coefficient (Wildman–Crippen LogP) is 10.6. The Morgan fingerprint density at radius 2 is 1.33 bits per heavy atom. The van der Waals surface area contributed by atoms with Crippen LogP contribution in [-0.2, 0) is 5.41 Å². The molecule has 1 heterocycles. The molecule has 0 unspecified atom stereocenters. The van der Waals surface area contributed by atoms with E-state index in [1.165, 1.54) is 38.8 Å². The summed E-state index contributed by atoms with van der Waals surface area (Å²) in [5.41, 5.74) is 12.2. The van der Waals surface area contributed by atoms with E-state index in [0.717, 1.165) is 39.3 Å². The first-order valence-corrected chi connectivity index (χ1v) is 14.5. The summed E-state index contributed by atoms with van der Waals surface area (Å²) >= 11 is 0. The van der Waals surface area contributed by atoms with Crippen molar-refractivity contribution in [2.45, 2.75) is 26.2 Å². The summed E-state index contributed by atoms with van der Waals surface area (Å²) in [5.74, 6) is 0.733. The van der Waals surface area contributed by atoms with Gasteiger partial charge in [0.1, 0.15) is 0 Å². The largest absolute Gasteiger partial charge is 0.228 e. The second-order valence-electron chi connectivity index (χ2n) is 11.4. The molecule has 1 aliphatic rings. The normalized spacial score (nSPS) is 13.3. The molecule has 0 aliphatic heterocycles. The van der Waals surface area contributed by atoms with Crippen LogP contribution in [0.4, 0.5) is 0 Å². The topological polar surface area (TPSA) is 25.8 Å². The second kappa shape index (κ2) is 10.1. The third-order valence-corrected chi connectivity index (χ3v) is 8.59. The minimum atomic E-state index is -0.131. The summed E-state index contributed by atoms with van der Waals surface area (Å²) in [6, 6.07) is 38.9. The molecule has 0 N–H and O–H groups in total. The van der Waals surface area contributed by atoms with Crippen molar-refractivity contribution in [2.75, 3.05) is 0 Å². The number of nitrogens with zero attached hydrogens (tertiary/aromatic N) is 2. The zero-order valence-electron chi connectivity index (χ0n) is 24.2. The average molecular weight is 541 g/mol. The number of rotatable bonds is 5. The standard InChI is InChI=1S/C40H32N2/c1-5-14-35-30(6-2)38(28-23-21-27(22-24-28)26-15-8-7-9-16-26)42-39(41-35)37-31-18-11-10-17-29(31)25-34-36(37)32-19-12-13-20-33(32)40(34,3)4/h5-25H,2H2,1,3-4H3/b14-5-. The molecule has 2 heteroatoms. The van der Waals surface area contributed by atoms with Gasteiger partial charge in [-0.2, -0.15) is 0 Å². The molecule has 0 bridgehead atoms. The summed E-state index contributed by atoms with van der Waals surface area (Å²) in [7, 11) is 0. The minimum absolute atomic E-state index is 0.131. The van der Waals surface area contributed by atoms with Gasteiger partial charge in [-0.25, -0.2) is 9.97 Å². The summed E-state index contributed by atoms with van der Waals surface area (Å²) in [4.78, 5) is 10.6. The van der Waals surface area contributed by atoms with E-state index in [0.29, 0.717) is 0 Å². The highest BCUT2D eigenvalue weighted by atomic mass is 14.9. The fourth-order valence-electron chi connectivity index (χ4n) is 6.50. The Balaban J connectivity index is 1.53. The molecule has 2 nitrogen and oxygen atoms in total. The first-order chi connectivity index (χ1) is 20.5. The molecule has 42 heavy (non-hydrogen) atoms. The average Bonchev–Trinajstić information content (AvgIpc) is 3.26. The lowest BCUT2D eigenvalue weighted by atomic mass is 9.81. The van der Waals surface area contributed by atoms with Crippen LogP contribution in [0.15, 0.2) is 122 Å². The Morgan fingerprint density at radius 1 is 0.667 bits per heavy atom. The molecule has 0 amide bonds. The van der Waals surface area contributed by atoms with Gasteiger partial charge in [-0.1, -0.05) is 136 Å². The van der Waals surface area contributed by atoms with E-state index >= 15 is 0 Å². The lowest BCUT2D eigenvalue weighted by Crippen LogP contribution is -2.15. The minimum Gasteiger partial charge on any atom is -0.228 e. The van der Waals surface area contributed by atoms with E-state index in [1.54, 1.807) is 0 Å². The molecule has 0 fully saturated rings. The molecule has 1 aromatic heterocycles. The smallest absolute Gasteiger partial charge is 0.161 e. The third kappa shape index (κ3) is 4.02. The maximum atomic E-state index is 5.36. The fourth-order valence-corrected chi connectivity index (χ4v) is 6.50. The van der Waals surface area contributed by atoms with Crippen LogP contribution >= 0.6 is 0 Å². The van der Waals surface area contributed by atoms with Crippen molar-refractivity contribution < 1.29 is 0 Å². The van der Waals surface area contributed by atoms with Crippen molar-refractivity contribution in [1.29, 1.82) is 0 Å². The maximum Gasteiger partial charge on any atom is 0.161 e. The van der Waals surface area contributed by atoms with E-state index in [9.17, 15) is 0 Å². The van der Waals surface area contributed by atoms with Crippen LogP contribution in [0, 0.1) is 0 Å². The Hall–Kier alpha value is -5.08. The molecular formula is C40H32N2. The Labute approximate surface area is 247 Å². The summed E-state index contributed by atoms with van der Waals surface area (Å²) in [6.07, 6.45) is 5.98. The van der Waals surface area contributed by atoms with Crippen LogP contribution in [0.3, 0.4) is 0 Å². The van der Waals surface area contributed by atoms with Gasteiger partial charge in [0, 0.05) is 22.1 Å². The van der Waals surface area contributed by atoms with Gasteiger partial charge in [0.05, 0.1) is 11.4 Å². The van der Waals surface area contributed by atoms with Crippen LogP contribution in [-0.4, -0.2) is 9.97 Å². The van der Waals surface area contributed by atoms with Crippen LogP contribution in [0.25, 0.3) is 67.8 Å². The molecule has 5 aromatic carbocycles. The lowest BCUT2D eigenvalue weighted by Gasteiger charge is -2.22. The number of fused-ring (bicyclic) bond motifs is 4. The zero-order valence-corrected chi connectivity index (χ0v) is 24.2. The molecule has 6 aromatic rings. The monoisotopic (exact) mass is 540 g/mol. The van der Waals surface area contributed by atoms with Gasteiger partial charge in [-0.3, -0.25) is 0 Å². The molecule has 202 valence electrons. The molecule has 1 aliphatic carbocycles. The Morgan fingerprint density at radius 3 is 2.10 bits per heavy atom. The molecule has 0 atom stereocenters. The van der Waals surface area contributed by atoms with Gasteiger partial charge in [-0.15, -0.1) is 0 Å². The van der Waals surface area contributed by atoms with Crippen molar-refractivity contribution in [1.82, 2.24) is 9.97 Å². The molecule has 0 radical (unpaired) electrons. The van der Waals surface area contributed by atoms with Gasteiger partial charge in [0.2, 0.25) is 0 Å². The van der Waals surface area contributed by atoms with Crippen molar-refractivity contribution in [3.63, 3.8) is 0 Å². The Bertz CT molecular complexity index is 2010. The van der Waals surface area contributed by atoms with Crippen molar-refractivity contribution >= 4 is 22.9 Å². The first-order valence-electron chi connectivity index (χ1n) is 14.5. The van der Waals surface area contributed by atoms with Gasteiger partial charge >= 0.3 is 0 Å². The highest BCUT2D eigenvalue weighted by Crippen LogP contribution is 2.54. The van der Waals surface area contributed by atoms with E-state index in [-0.39, 0.29) is 5.41 Å². The highest BCUT2D eigenvalue weighted by Gasteiger charge is 2.38. The van der Waals surface area contributed by atoms with Gasteiger partial charge in [0.25, 0.3) is 0 Å². The van der Waals surface area contributed by atoms with Crippen LogP contribution < -0.4 is 0 Å². The Kier molecular flexibility index (Phi) is 6.21. The number of allylic oxidation sites excluding steroid dienone is 1. The van der Waals surface area contributed by atoms with Crippen molar-refractivity contribution in [3.8, 4) is 44.9 Å². The van der Waals surface area contributed by atoms with Crippen molar-refractivity contribution in [3.05, 3.63) is 144 Å². The predicted molar refractivity (Wildman–Crippen MR) is 178 cm³/mol. The molecule has 0 saturated carbocycles. The summed E-state index contributed by atoms with van der Waals surface area (Å²) < 4.78 is 0. The van der Waals surface area contributed by atoms with Crippen LogP contribution in [0.1, 0.15) is 43.2 Å². The zero-order chi connectivity index (χ0) is 28.8. The molecule has 0 spiro atoms. The SMILES string of the molecule is C=Cc1c(/C=C\C)nc(-c2c3c(cc4ccccc24)C(C)(C)c2ccccc2-3)nc1-c1ccc(-c2ccccc2)cc1. The van der Waals surface area contributed by atoms with E-state index < -0.39 is 0 Å². The van der Waals surface area contributed by atoms with Crippen molar-refractivity contribution in [2.24, 2.45) is 0 Å². The molecular weight excluding hydrogens is 508 g/mol. The maximum absolute atomic E-state index is 5.36. The molecule has 0 saturated heterocycles. The number of hydrogen-bond acceptors (Lipinski definition) is 2. The van der Waals surface area contributed by atoms with Gasteiger partial charge in [0.15, 0.2) is 5.82 Å². The fraction of sp³-hybridized carbons (Fsp3) is 0.100. The van der Waals surface area contributed by atoms with Gasteiger partial charge < -0.3 is 0 Å². The van der Waals surface area contributed by atoms with Crippen LogP contribution in [0.5, 0.6) is 0 Å². The van der Waals surface area contributed by atoms with Gasteiger partial charge in [-0.05, 0) is 63.2 Å². The highest BCUT2D eigenvalue weighted by molar-refractivity contribution is 6.07. The first kappa shape index (κ1) is 25.9. The summed E-state index contributed by atoms with van der Waals surface area (Å²) in [5, 5.41) is 2.36. The number of hydrogen-bond donors (Lipinski definition) is 0. The number of benzene rings is 5. The lowest BCUT2D eigenvalue weighted by molar-refractivity contribution is 0.661. The third-order valence-electron chi connectivity index (χ3n) is 8.59. The molecule has 7 rings (SSSR count). The quantitative estimate of drug-likeness (QED) is 0.217. The van der Waals surface area contributed by atoms with Crippen LogP contribution in [0.2, 0.25) is 0 Å².